The highest BCUT2D eigenvalue weighted by Gasteiger charge is 2.48. The number of allylic oxidation sites excluding steroid dienone is 1. The van der Waals surface area contributed by atoms with Crippen molar-refractivity contribution in [2.24, 2.45) is 23.2 Å². The van der Waals surface area contributed by atoms with E-state index in [1.165, 1.54) is 19.3 Å². The van der Waals surface area contributed by atoms with Crippen LogP contribution in [0.15, 0.2) is 23.9 Å². The van der Waals surface area contributed by atoms with Crippen LogP contribution in [0.3, 0.4) is 0 Å². The summed E-state index contributed by atoms with van der Waals surface area (Å²) in [6.07, 6.45) is 9.16. The van der Waals surface area contributed by atoms with E-state index in [4.69, 9.17) is 16.7 Å². The van der Waals surface area contributed by atoms with E-state index >= 15 is 0 Å². The maximum Gasteiger partial charge on any atom is 0.252 e. The largest absolute Gasteiger partial charge is 0.395 e. The molecule has 2 fully saturated rings. The maximum absolute atomic E-state index is 12.9. The Kier molecular flexibility index (Phi) is 6.78. The Labute approximate surface area is 183 Å². The molecule has 0 aromatic carbocycles. The molecule has 0 radical (unpaired) electrons. The number of hydrogen-bond acceptors (Lipinski definition) is 5. The molecule has 3 aliphatic carbocycles. The first kappa shape index (κ1) is 21.8. The molecule has 2 saturated carbocycles. The van der Waals surface area contributed by atoms with E-state index in [-0.39, 0.29) is 17.9 Å². The van der Waals surface area contributed by atoms with Crippen LogP contribution in [0.25, 0.3) is 0 Å². The zero-order valence-corrected chi connectivity index (χ0v) is 18.5. The van der Waals surface area contributed by atoms with Gasteiger partial charge < -0.3 is 21.1 Å². The molecule has 4 N–H and O–H groups in total. The fourth-order valence-electron chi connectivity index (χ4n) is 5.56. The number of halogens is 1. The molecule has 30 heavy (non-hydrogen) atoms. The van der Waals surface area contributed by atoms with E-state index in [0.717, 1.165) is 43.0 Å². The summed E-state index contributed by atoms with van der Waals surface area (Å²) in [5.41, 5.74) is 2.92. The number of hydrogen-bond donors (Lipinski definition) is 4. The van der Waals surface area contributed by atoms with Gasteiger partial charge in [0.05, 0.1) is 22.9 Å². The van der Waals surface area contributed by atoms with Crippen molar-refractivity contribution in [2.75, 3.05) is 32.8 Å². The Balaban J connectivity index is 1.32. The molecule has 4 rings (SSSR count). The number of pyridine rings is 1. The molecule has 0 spiro atoms. The quantitative estimate of drug-likeness (QED) is 0.337. The molecular weight excluding hydrogens is 400 g/mol. The number of carbonyl (C=O) groups excluding carboxylic acids is 1. The fraction of sp³-hybridized carbons (Fsp3) is 0.652. The number of carbonyl (C=O) groups is 1. The number of aliphatic hydroxyl groups is 1. The van der Waals surface area contributed by atoms with Crippen LogP contribution in [-0.2, 0) is 6.54 Å². The van der Waals surface area contributed by atoms with Gasteiger partial charge in [-0.3, -0.25) is 9.78 Å². The third-order valence-corrected chi connectivity index (χ3v) is 7.24. The summed E-state index contributed by atoms with van der Waals surface area (Å²) in [6.45, 7) is 5.72. The SMILES string of the molecule is CC1(CNC(=O)c2cc(CNCCNCCO)ncc2Cl)C=C2CC3CC(CC23)C1. The lowest BCUT2D eigenvalue weighted by Crippen LogP contribution is -2.37. The van der Waals surface area contributed by atoms with Gasteiger partial charge in [0.25, 0.3) is 5.91 Å². The molecular formula is C23H33ClN4O2. The molecule has 0 aliphatic heterocycles. The lowest BCUT2D eigenvalue weighted by Gasteiger charge is -2.38. The molecule has 1 aromatic heterocycles. The summed E-state index contributed by atoms with van der Waals surface area (Å²) in [5, 5.41) is 18.7. The summed E-state index contributed by atoms with van der Waals surface area (Å²) in [7, 11) is 0. The molecule has 2 bridgehead atoms. The van der Waals surface area contributed by atoms with Crippen molar-refractivity contribution in [3.63, 3.8) is 0 Å². The molecule has 4 atom stereocenters. The van der Waals surface area contributed by atoms with E-state index in [9.17, 15) is 4.79 Å². The molecule has 1 heterocycles. The number of aliphatic hydroxyl groups excluding tert-OH is 1. The zero-order valence-electron chi connectivity index (χ0n) is 17.7. The van der Waals surface area contributed by atoms with Gasteiger partial charge in [0, 0.05) is 44.3 Å². The summed E-state index contributed by atoms with van der Waals surface area (Å²) in [4.78, 5) is 17.2. The Morgan fingerprint density at radius 2 is 2.13 bits per heavy atom. The van der Waals surface area contributed by atoms with Crippen LogP contribution in [0.4, 0.5) is 0 Å². The first-order valence-electron chi connectivity index (χ1n) is 11.1. The molecule has 1 amide bonds. The van der Waals surface area contributed by atoms with Gasteiger partial charge in [0.2, 0.25) is 0 Å². The average molecular weight is 433 g/mol. The lowest BCUT2D eigenvalue weighted by molar-refractivity contribution is 0.0936. The third-order valence-electron chi connectivity index (χ3n) is 6.94. The molecule has 0 saturated heterocycles. The van der Waals surface area contributed by atoms with E-state index in [1.807, 2.05) is 0 Å². The number of rotatable bonds is 10. The number of amides is 1. The summed E-state index contributed by atoms with van der Waals surface area (Å²) in [5.74, 6) is 2.44. The molecule has 4 unspecified atom stereocenters. The van der Waals surface area contributed by atoms with Crippen molar-refractivity contribution in [2.45, 2.75) is 39.2 Å². The van der Waals surface area contributed by atoms with Crippen LogP contribution < -0.4 is 16.0 Å². The van der Waals surface area contributed by atoms with Crippen molar-refractivity contribution >= 4 is 17.5 Å². The van der Waals surface area contributed by atoms with Crippen LogP contribution in [0.2, 0.25) is 5.02 Å². The Hall–Kier alpha value is -1.47. The fourth-order valence-corrected chi connectivity index (χ4v) is 5.75. The van der Waals surface area contributed by atoms with Crippen LogP contribution in [0.1, 0.15) is 48.7 Å². The van der Waals surface area contributed by atoms with Crippen molar-refractivity contribution in [3.8, 4) is 0 Å². The highest BCUT2D eigenvalue weighted by molar-refractivity contribution is 6.33. The number of fused-ring (bicyclic) bond motifs is 1. The van der Waals surface area contributed by atoms with Gasteiger partial charge in [-0.25, -0.2) is 0 Å². The van der Waals surface area contributed by atoms with Gasteiger partial charge in [-0.1, -0.05) is 30.2 Å². The van der Waals surface area contributed by atoms with E-state index < -0.39 is 0 Å². The smallest absolute Gasteiger partial charge is 0.252 e. The number of aromatic nitrogens is 1. The molecule has 6 nitrogen and oxygen atoms in total. The van der Waals surface area contributed by atoms with Crippen LogP contribution >= 0.6 is 11.6 Å². The van der Waals surface area contributed by atoms with E-state index in [2.05, 4.69) is 33.9 Å². The molecule has 3 aliphatic rings. The normalized spacial score (nSPS) is 29.2. The van der Waals surface area contributed by atoms with Crippen LogP contribution in [-0.4, -0.2) is 48.8 Å². The minimum Gasteiger partial charge on any atom is -0.395 e. The average Bonchev–Trinajstić information content (AvgIpc) is 2.97. The van der Waals surface area contributed by atoms with Crippen LogP contribution in [0, 0.1) is 23.2 Å². The monoisotopic (exact) mass is 432 g/mol. The van der Waals surface area contributed by atoms with Gasteiger partial charge in [-0.2, -0.15) is 0 Å². The highest BCUT2D eigenvalue weighted by atomic mass is 35.5. The second-order valence-corrected chi connectivity index (χ2v) is 9.88. The first-order chi connectivity index (χ1) is 14.5. The van der Waals surface area contributed by atoms with E-state index in [1.54, 1.807) is 17.8 Å². The Bertz CT molecular complexity index is 814. The topological polar surface area (TPSA) is 86.3 Å². The second-order valence-electron chi connectivity index (χ2n) is 9.47. The van der Waals surface area contributed by atoms with Gasteiger partial charge in [-0.05, 0) is 49.5 Å². The number of nitrogens with zero attached hydrogens (tertiary/aromatic N) is 1. The first-order valence-corrected chi connectivity index (χ1v) is 11.5. The predicted molar refractivity (Wildman–Crippen MR) is 118 cm³/mol. The summed E-state index contributed by atoms with van der Waals surface area (Å²) < 4.78 is 0. The second kappa shape index (κ2) is 9.35. The van der Waals surface area contributed by atoms with Crippen molar-refractivity contribution < 1.29 is 9.90 Å². The molecule has 7 heteroatoms. The van der Waals surface area contributed by atoms with Crippen molar-refractivity contribution in [1.82, 2.24) is 20.9 Å². The Morgan fingerprint density at radius 1 is 1.30 bits per heavy atom. The van der Waals surface area contributed by atoms with Crippen molar-refractivity contribution in [3.05, 3.63) is 40.2 Å². The van der Waals surface area contributed by atoms with Crippen molar-refractivity contribution in [1.29, 1.82) is 0 Å². The third kappa shape index (κ3) is 4.88. The zero-order chi connectivity index (χ0) is 21.1. The molecule has 1 aromatic rings. The van der Waals surface area contributed by atoms with Gasteiger partial charge >= 0.3 is 0 Å². The minimum atomic E-state index is -0.131. The van der Waals surface area contributed by atoms with E-state index in [0.29, 0.717) is 30.2 Å². The molecule has 164 valence electrons. The maximum atomic E-state index is 12.9. The minimum absolute atomic E-state index is 0.0290. The number of nitrogens with one attached hydrogen (secondary N) is 3. The standard InChI is InChI=1S/C23H33ClN4O2/c1-23(10-15-6-16-8-17(11-23)19(16)7-15)14-28-22(30)20-9-18(27-13-21(20)24)12-26-3-2-25-4-5-29/h9,11,13,15-16,19,25-26,29H,2-8,10,12,14H2,1H3,(H,28,30). The van der Waals surface area contributed by atoms with Gasteiger partial charge in [0.1, 0.15) is 0 Å². The highest BCUT2D eigenvalue weighted by Crippen LogP contribution is 2.58. The van der Waals surface area contributed by atoms with Crippen LogP contribution in [0.5, 0.6) is 0 Å². The van der Waals surface area contributed by atoms with Gasteiger partial charge in [0.15, 0.2) is 0 Å². The Morgan fingerprint density at radius 3 is 2.97 bits per heavy atom. The summed E-state index contributed by atoms with van der Waals surface area (Å²) in [6, 6.07) is 1.78. The van der Waals surface area contributed by atoms with Gasteiger partial charge in [-0.15, -0.1) is 0 Å². The lowest BCUT2D eigenvalue weighted by atomic mass is 9.67. The predicted octanol–water partition coefficient (Wildman–Crippen LogP) is 2.52. The summed E-state index contributed by atoms with van der Waals surface area (Å²) >= 11 is 6.28.